The van der Waals surface area contributed by atoms with Crippen LogP contribution >= 0.6 is 0 Å². The van der Waals surface area contributed by atoms with Gasteiger partial charge in [-0.15, -0.1) is 0 Å². The number of sulfonamides is 1. The Morgan fingerprint density at radius 3 is 2.64 bits per heavy atom. The number of hydrogen-bond acceptors (Lipinski definition) is 6. The van der Waals surface area contributed by atoms with E-state index in [1.165, 1.54) is 16.7 Å². The summed E-state index contributed by atoms with van der Waals surface area (Å²) in [5.41, 5.74) is 1.69. The van der Waals surface area contributed by atoms with E-state index in [1.807, 2.05) is 43.3 Å². The minimum atomic E-state index is -3.79. The number of oxazole rings is 1. The summed E-state index contributed by atoms with van der Waals surface area (Å²) in [5.74, 6) is 0.167. The average Bonchev–Trinajstić information content (AvgIpc) is 2.95. The minimum Gasteiger partial charge on any atom is -0.497 e. The molecular formula is C19H23N3O5S. The first kappa shape index (κ1) is 20.1. The summed E-state index contributed by atoms with van der Waals surface area (Å²) in [5, 5.41) is 0. The van der Waals surface area contributed by atoms with Crippen LogP contribution < -0.4 is 15.2 Å². The molecule has 8 nitrogen and oxygen atoms in total. The monoisotopic (exact) mass is 405 g/mol. The van der Waals surface area contributed by atoms with Crippen LogP contribution in [0.2, 0.25) is 0 Å². The molecule has 1 atom stereocenters. The van der Waals surface area contributed by atoms with Gasteiger partial charge in [0.05, 0.1) is 17.5 Å². The van der Waals surface area contributed by atoms with E-state index in [0.717, 1.165) is 5.56 Å². The van der Waals surface area contributed by atoms with Gasteiger partial charge in [-0.2, -0.15) is 0 Å². The van der Waals surface area contributed by atoms with Gasteiger partial charge < -0.3 is 14.1 Å². The first-order chi connectivity index (χ1) is 13.2. The minimum absolute atomic E-state index is 0.0394. The van der Waals surface area contributed by atoms with Gasteiger partial charge >= 0.3 is 5.76 Å². The molecule has 0 aliphatic rings. The smallest absolute Gasteiger partial charge is 0.419 e. The number of nitrogens with one attached hydrogen (secondary N) is 1. The molecule has 0 aliphatic heterocycles. The third-order valence-electron chi connectivity index (χ3n) is 4.64. The second-order valence-corrected chi connectivity index (χ2v) is 8.43. The van der Waals surface area contributed by atoms with Crippen molar-refractivity contribution < 1.29 is 17.6 Å². The highest BCUT2D eigenvalue weighted by Crippen LogP contribution is 2.23. The number of benzene rings is 2. The number of nitrogens with zero attached hydrogens (tertiary/aromatic N) is 2. The number of fused-ring (bicyclic) bond motifs is 1. The van der Waals surface area contributed by atoms with Crippen molar-refractivity contribution in [3.63, 3.8) is 0 Å². The van der Waals surface area contributed by atoms with Crippen molar-refractivity contribution in [3.05, 3.63) is 58.6 Å². The Morgan fingerprint density at radius 2 is 1.96 bits per heavy atom. The standard InChI is InChI=1S/C19H23N3O5S/c1-21(2)17(13-6-5-7-14(10-13)26-4)12-20-28(24,25)15-8-9-16-18(11-15)27-19(23)22(16)3/h5-11,17,20H,12H2,1-4H3. The molecule has 28 heavy (non-hydrogen) atoms. The molecule has 0 radical (unpaired) electrons. The van der Waals surface area contributed by atoms with E-state index in [1.54, 1.807) is 20.2 Å². The highest BCUT2D eigenvalue weighted by molar-refractivity contribution is 7.89. The van der Waals surface area contributed by atoms with Crippen molar-refractivity contribution in [2.24, 2.45) is 7.05 Å². The van der Waals surface area contributed by atoms with Crippen LogP contribution in [0, 0.1) is 0 Å². The number of aryl methyl sites for hydroxylation is 1. The van der Waals surface area contributed by atoms with Crippen molar-refractivity contribution in [2.75, 3.05) is 27.7 Å². The van der Waals surface area contributed by atoms with E-state index in [9.17, 15) is 13.2 Å². The first-order valence-corrected chi connectivity index (χ1v) is 10.1. The summed E-state index contributed by atoms with van der Waals surface area (Å²) in [6, 6.07) is 11.7. The van der Waals surface area contributed by atoms with Crippen molar-refractivity contribution in [3.8, 4) is 5.75 Å². The molecule has 1 aromatic heterocycles. The molecule has 1 heterocycles. The zero-order valence-electron chi connectivity index (χ0n) is 16.2. The molecule has 1 unspecified atom stereocenters. The van der Waals surface area contributed by atoms with E-state index in [2.05, 4.69) is 4.72 Å². The molecule has 3 rings (SSSR count). The number of aromatic nitrogens is 1. The van der Waals surface area contributed by atoms with Crippen LogP contribution in [0.15, 0.2) is 56.6 Å². The second-order valence-electron chi connectivity index (χ2n) is 6.66. The third-order valence-corrected chi connectivity index (χ3v) is 6.06. The fourth-order valence-corrected chi connectivity index (χ4v) is 4.05. The second kappa shape index (κ2) is 7.78. The van der Waals surface area contributed by atoms with Crippen LogP contribution in [0.25, 0.3) is 11.1 Å². The molecule has 2 aromatic carbocycles. The molecule has 150 valence electrons. The molecule has 0 saturated heterocycles. The lowest BCUT2D eigenvalue weighted by Gasteiger charge is -2.25. The van der Waals surface area contributed by atoms with E-state index in [0.29, 0.717) is 11.3 Å². The maximum Gasteiger partial charge on any atom is 0.419 e. The summed E-state index contributed by atoms with van der Waals surface area (Å²) in [6.45, 7) is 0.166. The van der Waals surface area contributed by atoms with Gasteiger partial charge in [0.2, 0.25) is 10.0 Å². The van der Waals surface area contributed by atoms with Gasteiger partial charge in [-0.3, -0.25) is 4.57 Å². The molecular weight excluding hydrogens is 382 g/mol. The van der Waals surface area contributed by atoms with Crippen LogP contribution in [-0.4, -0.2) is 45.6 Å². The first-order valence-electron chi connectivity index (χ1n) is 8.62. The molecule has 0 bridgehead atoms. The lowest BCUT2D eigenvalue weighted by Crippen LogP contribution is -2.34. The Balaban J connectivity index is 1.85. The molecule has 0 saturated carbocycles. The third kappa shape index (κ3) is 3.96. The topological polar surface area (TPSA) is 93.8 Å². The van der Waals surface area contributed by atoms with E-state index in [-0.39, 0.29) is 23.1 Å². The fourth-order valence-electron chi connectivity index (χ4n) is 3.00. The quantitative estimate of drug-likeness (QED) is 0.643. The Kier molecular flexibility index (Phi) is 5.59. The number of rotatable bonds is 7. The number of hydrogen-bond donors (Lipinski definition) is 1. The molecule has 0 fully saturated rings. The van der Waals surface area contributed by atoms with Gasteiger partial charge in [0.1, 0.15) is 5.75 Å². The molecule has 9 heteroatoms. The predicted octanol–water partition coefficient (Wildman–Crippen LogP) is 1.72. The van der Waals surface area contributed by atoms with Gasteiger partial charge in [-0.1, -0.05) is 12.1 Å². The van der Waals surface area contributed by atoms with E-state index >= 15 is 0 Å². The summed E-state index contributed by atoms with van der Waals surface area (Å²) in [4.78, 5) is 13.6. The molecule has 3 aromatic rings. The zero-order valence-corrected chi connectivity index (χ0v) is 17.0. The lowest BCUT2D eigenvalue weighted by atomic mass is 10.1. The summed E-state index contributed by atoms with van der Waals surface area (Å²) < 4.78 is 39.8. The van der Waals surface area contributed by atoms with Gasteiger partial charge in [0.15, 0.2) is 5.58 Å². The zero-order chi connectivity index (χ0) is 20.5. The Morgan fingerprint density at radius 1 is 1.21 bits per heavy atom. The van der Waals surface area contributed by atoms with Gasteiger partial charge in [0, 0.05) is 25.7 Å². The number of methoxy groups -OCH3 is 1. The highest BCUT2D eigenvalue weighted by Gasteiger charge is 2.21. The normalized spacial score (nSPS) is 13.2. The predicted molar refractivity (Wildman–Crippen MR) is 106 cm³/mol. The molecule has 1 N–H and O–H groups in total. The van der Waals surface area contributed by atoms with Crippen molar-refractivity contribution in [1.82, 2.24) is 14.2 Å². The van der Waals surface area contributed by atoms with Gasteiger partial charge in [-0.05, 0) is 43.9 Å². The van der Waals surface area contributed by atoms with Crippen LogP contribution in [0.1, 0.15) is 11.6 Å². The Hall–Kier alpha value is -2.62. The van der Waals surface area contributed by atoms with Crippen molar-refractivity contribution >= 4 is 21.1 Å². The van der Waals surface area contributed by atoms with Crippen molar-refractivity contribution in [1.29, 1.82) is 0 Å². The van der Waals surface area contributed by atoms with Gasteiger partial charge in [0.25, 0.3) is 0 Å². The summed E-state index contributed by atoms with van der Waals surface area (Å²) in [7, 11) is 3.12. The largest absolute Gasteiger partial charge is 0.497 e. The molecule has 0 aliphatic carbocycles. The molecule has 0 amide bonds. The maximum absolute atomic E-state index is 12.8. The van der Waals surface area contributed by atoms with Crippen LogP contribution in [-0.2, 0) is 17.1 Å². The maximum atomic E-state index is 12.8. The number of likely N-dealkylation sites (N-methyl/N-ethyl adjacent to an activating group) is 1. The fraction of sp³-hybridized carbons (Fsp3) is 0.316. The number of ether oxygens (including phenoxy) is 1. The molecule has 0 spiro atoms. The van der Waals surface area contributed by atoms with E-state index in [4.69, 9.17) is 9.15 Å². The average molecular weight is 405 g/mol. The summed E-state index contributed by atoms with van der Waals surface area (Å²) >= 11 is 0. The van der Waals surface area contributed by atoms with Crippen LogP contribution in [0.3, 0.4) is 0 Å². The lowest BCUT2D eigenvalue weighted by molar-refractivity contribution is 0.298. The van der Waals surface area contributed by atoms with Gasteiger partial charge in [-0.25, -0.2) is 17.9 Å². The SMILES string of the molecule is COc1cccc(C(CNS(=O)(=O)c2ccc3c(c2)oc(=O)n3C)N(C)C)c1. The van der Waals surface area contributed by atoms with Crippen LogP contribution in [0.5, 0.6) is 5.75 Å². The summed E-state index contributed by atoms with van der Waals surface area (Å²) in [6.07, 6.45) is 0. The Labute approximate surface area is 163 Å². The van der Waals surface area contributed by atoms with Crippen molar-refractivity contribution in [2.45, 2.75) is 10.9 Å². The Bertz CT molecular complexity index is 1150. The van der Waals surface area contributed by atoms with E-state index < -0.39 is 15.8 Å². The highest BCUT2D eigenvalue weighted by atomic mass is 32.2. The van der Waals surface area contributed by atoms with Crippen LogP contribution in [0.4, 0.5) is 0 Å².